The lowest BCUT2D eigenvalue weighted by atomic mass is 9.98. The Morgan fingerprint density at radius 3 is 2.50 bits per heavy atom. The molecule has 0 aliphatic carbocycles. The highest BCUT2D eigenvalue weighted by Crippen LogP contribution is 2.17. The molecular weight excluding hydrogens is 261 g/mol. The number of aliphatic hydroxyl groups excluding tert-OH is 2. The molecule has 0 amide bonds. The van der Waals surface area contributed by atoms with Crippen LogP contribution in [-0.4, -0.2) is 54.1 Å². The third kappa shape index (κ3) is 4.74. The number of halogens is 1. The van der Waals surface area contributed by atoms with E-state index in [0.29, 0.717) is 18.2 Å². The van der Waals surface area contributed by atoms with Crippen molar-refractivity contribution in [3.05, 3.63) is 30.1 Å². The topological polar surface area (TPSA) is 52.9 Å². The van der Waals surface area contributed by atoms with Crippen molar-refractivity contribution in [2.45, 2.75) is 18.9 Å². The van der Waals surface area contributed by atoms with Crippen LogP contribution in [0.1, 0.15) is 12.8 Å². The van der Waals surface area contributed by atoms with Gasteiger partial charge in [0.1, 0.15) is 24.3 Å². The average Bonchev–Trinajstić information content (AvgIpc) is 2.47. The zero-order chi connectivity index (χ0) is 14.4. The molecule has 0 aromatic heterocycles. The molecular formula is C15H22FNO3. The number of ether oxygens (including phenoxy) is 1. The molecule has 0 bridgehead atoms. The summed E-state index contributed by atoms with van der Waals surface area (Å²) in [6.07, 6.45) is 1.38. The van der Waals surface area contributed by atoms with Gasteiger partial charge in [-0.3, -0.25) is 0 Å². The molecule has 1 aliphatic heterocycles. The van der Waals surface area contributed by atoms with Gasteiger partial charge in [0.25, 0.3) is 0 Å². The summed E-state index contributed by atoms with van der Waals surface area (Å²) < 4.78 is 18.1. The summed E-state index contributed by atoms with van der Waals surface area (Å²) in [6, 6.07) is 5.77. The number of aliphatic hydroxyl groups is 2. The first-order chi connectivity index (χ1) is 9.67. The minimum absolute atomic E-state index is 0.200. The van der Waals surface area contributed by atoms with E-state index in [1.165, 1.54) is 12.1 Å². The first-order valence-electron chi connectivity index (χ1n) is 7.07. The van der Waals surface area contributed by atoms with Crippen molar-refractivity contribution >= 4 is 0 Å². The summed E-state index contributed by atoms with van der Waals surface area (Å²) >= 11 is 0. The molecule has 1 aliphatic rings. The Morgan fingerprint density at radius 2 is 1.90 bits per heavy atom. The largest absolute Gasteiger partial charge is 0.491 e. The van der Waals surface area contributed by atoms with Gasteiger partial charge in [-0.25, -0.2) is 4.39 Å². The standard InChI is InChI=1S/C15H22FNO3/c16-13-1-3-15(4-2-13)20-11-14(19)9-17-7-5-12(10-18)6-8-17/h1-4,12,14,18-19H,5-11H2. The van der Waals surface area contributed by atoms with Gasteiger partial charge in [0.05, 0.1) is 0 Å². The summed E-state index contributed by atoms with van der Waals surface area (Å²) in [5.41, 5.74) is 0. The van der Waals surface area contributed by atoms with Crippen molar-refractivity contribution in [2.24, 2.45) is 5.92 Å². The number of hydrogen-bond donors (Lipinski definition) is 2. The van der Waals surface area contributed by atoms with Crippen LogP contribution in [0.4, 0.5) is 4.39 Å². The minimum Gasteiger partial charge on any atom is -0.491 e. The van der Waals surface area contributed by atoms with E-state index in [1.54, 1.807) is 12.1 Å². The van der Waals surface area contributed by atoms with Gasteiger partial charge in [-0.05, 0) is 56.1 Å². The quantitative estimate of drug-likeness (QED) is 0.825. The SMILES string of the molecule is OCC1CCN(CC(O)COc2ccc(F)cc2)CC1. The lowest BCUT2D eigenvalue weighted by Gasteiger charge is -2.32. The van der Waals surface area contributed by atoms with Crippen LogP contribution in [0.2, 0.25) is 0 Å². The van der Waals surface area contributed by atoms with E-state index in [0.717, 1.165) is 25.9 Å². The molecule has 112 valence electrons. The van der Waals surface area contributed by atoms with Crippen molar-refractivity contribution in [3.8, 4) is 5.75 Å². The van der Waals surface area contributed by atoms with Crippen LogP contribution in [0.25, 0.3) is 0 Å². The summed E-state index contributed by atoms with van der Waals surface area (Å²) in [5.74, 6) is 0.660. The Morgan fingerprint density at radius 1 is 1.25 bits per heavy atom. The molecule has 20 heavy (non-hydrogen) atoms. The van der Waals surface area contributed by atoms with Crippen LogP contribution in [0, 0.1) is 11.7 Å². The summed E-state index contributed by atoms with van der Waals surface area (Å²) in [4.78, 5) is 2.19. The van der Waals surface area contributed by atoms with Gasteiger partial charge in [0, 0.05) is 13.2 Å². The van der Waals surface area contributed by atoms with Crippen LogP contribution in [0.5, 0.6) is 5.75 Å². The molecule has 1 atom stereocenters. The lowest BCUT2D eigenvalue weighted by molar-refractivity contribution is 0.0488. The van der Waals surface area contributed by atoms with Crippen LogP contribution >= 0.6 is 0 Å². The van der Waals surface area contributed by atoms with E-state index in [9.17, 15) is 9.50 Å². The fourth-order valence-corrected chi connectivity index (χ4v) is 2.43. The Hall–Kier alpha value is -1.17. The number of rotatable bonds is 6. The fraction of sp³-hybridized carbons (Fsp3) is 0.600. The maximum Gasteiger partial charge on any atom is 0.123 e. The number of nitrogens with zero attached hydrogens (tertiary/aromatic N) is 1. The maximum atomic E-state index is 12.7. The monoisotopic (exact) mass is 283 g/mol. The molecule has 2 N–H and O–H groups in total. The van der Waals surface area contributed by atoms with Gasteiger partial charge in [0.2, 0.25) is 0 Å². The lowest BCUT2D eigenvalue weighted by Crippen LogP contribution is -2.41. The number of hydrogen-bond acceptors (Lipinski definition) is 4. The maximum absolute atomic E-state index is 12.7. The smallest absolute Gasteiger partial charge is 0.123 e. The predicted octanol–water partition coefficient (Wildman–Crippen LogP) is 1.27. The molecule has 0 saturated carbocycles. The normalized spacial score (nSPS) is 18.9. The Bertz CT molecular complexity index is 391. The zero-order valence-corrected chi connectivity index (χ0v) is 11.5. The third-order valence-electron chi connectivity index (χ3n) is 3.69. The second-order valence-electron chi connectivity index (χ2n) is 5.35. The van der Waals surface area contributed by atoms with E-state index in [2.05, 4.69) is 4.90 Å². The predicted molar refractivity (Wildman–Crippen MR) is 74.2 cm³/mol. The fourth-order valence-electron chi connectivity index (χ4n) is 2.43. The van der Waals surface area contributed by atoms with E-state index in [-0.39, 0.29) is 19.0 Å². The molecule has 0 spiro atoms. The van der Waals surface area contributed by atoms with E-state index >= 15 is 0 Å². The van der Waals surface area contributed by atoms with Crippen molar-refractivity contribution in [2.75, 3.05) is 32.8 Å². The number of likely N-dealkylation sites (tertiary alicyclic amines) is 1. The molecule has 1 heterocycles. The molecule has 1 fully saturated rings. The van der Waals surface area contributed by atoms with Crippen LogP contribution in [0.15, 0.2) is 24.3 Å². The Balaban J connectivity index is 1.68. The van der Waals surface area contributed by atoms with Gasteiger partial charge in [-0.1, -0.05) is 0 Å². The molecule has 1 aromatic carbocycles. The second kappa shape index (κ2) is 7.57. The molecule has 1 aromatic rings. The van der Waals surface area contributed by atoms with E-state index in [1.807, 2.05) is 0 Å². The van der Waals surface area contributed by atoms with Crippen molar-refractivity contribution in [1.29, 1.82) is 0 Å². The second-order valence-corrected chi connectivity index (χ2v) is 5.35. The third-order valence-corrected chi connectivity index (χ3v) is 3.69. The molecule has 0 radical (unpaired) electrons. The van der Waals surface area contributed by atoms with Gasteiger partial charge in [-0.15, -0.1) is 0 Å². The summed E-state index contributed by atoms with van der Waals surface area (Å²) in [6.45, 7) is 2.83. The molecule has 4 nitrogen and oxygen atoms in total. The van der Waals surface area contributed by atoms with Gasteiger partial charge in [0.15, 0.2) is 0 Å². The molecule has 1 saturated heterocycles. The molecule has 2 rings (SSSR count). The summed E-state index contributed by atoms with van der Waals surface area (Å²) in [7, 11) is 0. The van der Waals surface area contributed by atoms with E-state index < -0.39 is 6.10 Å². The highest BCUT2D eigenvalue weighted by Gasteiger charge is 2.20. The van der Waals surface area contributed by atoms with Crippen LogP contribution < -0.4 is 4.74 Å². The molecule has 5 heteroatoms. The van der Waals surface area contributed by atoms with E-state index in [4.69, 9.17) is 9.84 Å². The zero-order valence-electron chi connectivity index (χ0n) is 11.5. The van der Waals surface area contributed by atoms with Crippen LogP contribution in [-0.2, 0) is 0 Å². The van der Waals surface area contributed by atoms with Crippen molar-refractivity contribution in [3.63, 3.8) is 0 Å². The number of benzene rings is 1. The summed E-state index contributed by atoms with van der Waals surface area (Å²) in [5, 5.41) is 19.0. The van der Waals surface area contributed by atoms with Crippen LogP contribution in [0.3, 0.4) is 0 Å². The molecule has 1 unspecified atom stereocenters. The van der Waals surface area contributed by atoms with Gasteiger partial charge >= 0.3 is 0 Å². The number of piperidine rings is 1. The van der Waals surface area contributed by atoms with Crippen molar-refractivity contribution in [1.82, 2.24) is 4.90 Å². The Kier molecular flexibility index (Phi) is 5.76. The first kappa shape index (κ1) is 15.2. The minimum atomic E-state index is -0.564. The van der Waals surface area contributed by atoms with Gasteiger partial charge in [-0.2, -0.15) is 0 Å². The van der Waals surface area contributed by atoms with Gasteiger partial charge < -0.3 is 19.8 Å². The van der Waals surface area contributed by atoms with Crippen molar-refractivity contribution < 1.29 is 19.3 Å². The highest BCUT2D eigenvalue weighted by molar-refractivity contribution is 5.22. The number of β-amino-alcohol motifs (C(OH)–C–C–N with tert-alkyl or cyclic N) is 1. The average molecular weight is 283 g/mol. The Labute approximate surface area is 118 Å². The first-order valence-corrected chi connectivity index (χ1v) is 7.07. The highest BCUT2D eigenvalue weighted by atomic mass is 19.1.